The Bertz CT molecular complexity index is 1300. The maximum atomic E-state index is 13.1. The molecular weight excluding hydrogens is 508 g/mol. The molecule has 1 aliphatic rings. The molecule has 3 N–H and O–H groups in total. The lowest BCUT2D eigenvalue weighted by Gasteiger charge is -2.25. The highest BCUT2D eigenvalue weighted by Gasteiger charge is 2.32. The molecule has 4 rings (SSSR count). The largest absolute Gasteiger partial charge is 0.480 e. The van der Waals surface area contributed by atoms with Crippen molar-refractivity contribution in [3.8, 4) is 11.1 Å². The highest BCUT2D eigenvalue weighted by molar-refractivity contribution is 5.89. The number of rotatable bonds is 13. The molecule has 40 heavy (non-hydrogen) atoms. The minimum atomic E-state index is -1.31. The first-order valence-corrected chi connectivity index (χ1v) is 13.3. The fraction of sp³-hybridized carbons (Fsp3) is 0.281. The molecule has 0 bridgehead atoms. The Kier molecular flexibility index (Phi) is 9.70. The lowest BCUT2D eigenvalue weighted by atomic mass is 9.98. The van der Waals surface area contributed by atoms with Gasteiger partial charge in [-0.1, -0.05) is 84.9 Å². The van der Waals surface area contributed by atoms with E-state index in [4.69, 9.17) is 9.47 Å². The third-order valence-electron chi connectivity index (χ3n) is 7.00. The first kappa shape index (κ1) is 28.6. The SMILES string of the molecule is C=CCCC(NC(=O)OCC1c2ccccc2-c2ccccc21)C(=O)N[C@@H](C(=O)O)[C@H](C)OCc1ccccc1. The molecular formula is C32H34N2O6. The molecule has 0 saturated carbocycles. The van der Waals surface area contributed by atoms with E-state index in [0.29, 0.717) is 6.42 Å². The maximum Gasteiger partial charge on any atom is 0.407 e. The summed E-state index contributed by atoms with van der Waals surface area (Å²) >= 11 is 0. The zero-order valence-corrected chi connectivity index (χ0v) is 22.4. The van der Waals surface area contributed by atoms with Crippen LogP contribution in [0.25, 0.3) is 11.1 Å². The summed E-state index contributed by atoms with van der Waals surface area (Å²) in [4.78, 5) is 37.9. The number of carbonyl (C=O) groups excluding carboxylic acids is 2. The number of alkyl carbamates (subject to hydrolysis) is 1. The Balaban J connectivity index is 1.37. The molecule has 208 valence electrons. The van der Waals surface area contributed by atoms with Crippen LogP contribution in [0.3, 0.4) is 0 Å². The monoisotopic (exact) mass is 542 g/mol. The number of carbonyl (C=O) groups is 3. The van der Waals surface area contributed by atoms with Crippen LogP contribution in [0.15, 0.2) is 91.5 Å². The summed E-state index contributed by atoms with van der Waals surface area (Å²) in [6, 6.07) is 23.0. The van der Waals surface area contributed by atoms with E-state index in [1.54, 1.807) is 13.0 Å². The standard InChI is InChI=1S/C32H34N2O6/c1-3-4-18-28(30(35)34-29(31(36)37)21(2)39-19-22-12-6-5-7-13-22)33-32(38)40-20-27-25-16-10-8-14-23(25)24-15-9-11-17-26(24)27/h3,5-17,21,27-29H,1,4,18-20H2,2H3,(H,33,38)(H,34,35)(H,36,37)/t21-,28?,29+/m0/s1. The van der Waals surface area contributed by atoms with Crippen LogP contribution in [-0.2, 0) is 25.7 Å². The van der Waals surface area contributed by atoms with Gasteiger partial charge in [0.1, 0.15) is 12.6 Å². The molecule has 3 aromatic carbocycles. The van der Waals surface area contributed by atoms with E-state index < -0.39 is 36.2 Å². The fourth-order valence-corrected chi connectivity index (χ4v) is 4.87. The summed E-state index contributed by atoms with van der Waals surface area (Å²) in [5.74, 6) is -2.01. The number of amides is 2. The van der Waals surface area contributed by atoms with Gasteiger partial charge in [-0.2, -0.15) is 0 Å². The van der Waals surface area contributed by atoms with Gasteiger partial charge in [-0.15, -0.1) is 6.58 Å². The van der Waals surface area contributed by atoms with E-state index in [1.165, 1.54) is 0 Å². The summed E-state index contributed by atoms with van der Waals surface area (Å²) in [5, 5.41) is 14.9. The quantitative estimate of drug-likeness (QED) is 0.261. The fourth-order valence-electron chi connectivity index (χ4n) is 4.87. The molecule has 8 nitrogen and oxygen atoms in total. The average Bonchev–Trinajstić information content (AvgIpc) is 3.29. The molecule has 2 amide bonds. The third kappa shape index (κ3) is 6.95. The number of hydrogen-bond donors (Lipinski definition) is 3. The van der Waals surface area contributed by atoms with Crippen molar-refractivity contribution < 1.29 is 29.0 Å². The zero-order chi connectivity index (χ0) is 28.5. The zero-order valence-electron chi connectivity index (χ0n) is 22.4. The maximum absolute atomic E-state index is 13.1. The van der Waals surface area contributed by atoms with Gasteiger partial charge in [0.15, 0.2) is 6.04 Å². The number of hydrogen-bond acceptors (Lipinski definition) is 5. The van der Waals surface area contributed by atoms with Gasteiger partial charge in [-0.25, -0.2) is 9.59 Å². The number of allylic oxidation sites excluding steroid dienone is 1. The first-order valence-electron chi connectivity index (χ1n) is 13.3. The van der Waals surface area contributed by atoms with Crippen molar-refractivity contribution in [1.29, 1.82) is 0 Å². The third-order valence-corrected chi connectivity index (χ3v) is 7.00. The summed E-state index contributed by atoms with van der Waals surface area (Å²) in [7, 11) is 0. The van der Waals surface area contributed by atoms with Crippen LogP contribution >= 0.6 is 0 Å². The molecule has 3 atom stereocenters. The second kappa shape index (κ2) is 13.6. The van der Waals surface area contributed by atoms with Crippen molar-refractivity contribution in [3.63, 3.8) is 0 Å². The van der Waals surface area contributed by atoms with Crippen LogP contribution in [0.5, 0.6) is 0 Å². The molecule has 1 aliphatic carbocycles. The Hall–Kier alpha value is -4.43. The first-order chi connectivity index (χ1) is 19.4. The topological polar surface area (TPSA) is 114 Å². The van der Waals surface area contributed by atoms with Gasteiger partial charge < -0.3 is 25.2 Å². The predicted octanol–water partition coefficient (Wildman–Crippen LogP) is 5.03. The van der Waals surface area contributed by atoms with Crippen LogP contribution in [0.4, 0.5) is 4.79 Å². The van der Waals surface area contributed by atoms with E-state index in [0.717, 1.165) is 27.8 Å². The predicted molar refractivity (Wildman–Crippen MR) is 152 cm³/mol. The second-order valence-electron chi connectivity index (χ2n) is 9.71. The van der Waals surface area contributed by atoms with E-state index in [2.05, 4.69) is 17.2 Å². The second-order valence-corrected chi connectivity index (χ2v) is 9.71. The van der Waals surface area contributed by atoms with Crippen LogP contribution in [0.1, 0.15) is 42.4 Å². The van der Waals surface area contributed by atoms with Gasteiger partial charge in [0.05, 0.1) is 12.7 Å². The smallest absolute Gasteiger partial charge is 0.407 e. The van der Waals surface area contributed by atoms with Crippen LogP contribution in [0.2, 0.25) is 0 Å². The summed E-state index contributed by atoms with van der Waals surface area (Å²) in [6.45, 7) is 5.56. The van der Waals surface area contributed by atoms with Gasteiger partial charge >= 0.3 is 12.1 Å². The normalized spacial score (nSPS) is 14.2. The van der Waals surface area contributed by atoms with E-state index in [9.17, 15) is 19.5 Å². The van der Waals surface area contributed by atoms with Gasteiger partial charge in [-0.05, 0) is 47.6 Å². The number of carboxylic acids is 1. The molecule has 0 saturated heterocycles. The van der Waals surface area contributed by atoms with Crippen LogP contribution in [0, 0.1) is 0 Å². The Morgan fingerprint density at radius 2 is 1.52 bits per heavy atom. The number of nitrogens with one attached hydrogen (secondary N) is 2. The Morgan fingerprint density at radius 3 is 2.12 bits per heavy atom. The minimum absolute atomic E-state index is 0.0950. The van der Waals surface area contributed by atoms with Crippen molar-refractivity contribution >= 4 is 18.0 Å². The highest BCUT2D eigenvalue weighted by Crippen LogP contribution is 2.44. The van der Waals surface area contributed by atoms with E-state index in [-0.39, 0.29) is 25.6 Å². The number of benzene rings is 3. The van der Waals surface area contributed by atoms with E-state index >= 15 is 0 Å². The molecule has 0 spiro atoms. The number of aliphatic carboxylic acids is 1. The van der Waals surface area contributed by atoms with Gasteiger partial charge in [0.2, 0.25) is 5.91 Å². The molecule has 0 heterocycles. The average molecular weight is 543 g/mol. The summed E-state index contributed by atoms with van der Waals surface area (Å²) in [5.41, 5.74) is 5.25. The molecule has 0 fully saturated rings. The van der Waals surface area contributed by atoms with Crippen molar-refractivity contribution in [2.45, 2.75) is 50.5 Å². The van der Waals surface area contributed by atoms with E-state index in [1.807, 2.05) is 78.9 Å². The summed E-state index contributed by atoms with van der Waals surface area (Å²) in [6.07, 6.45) is 0.701. The molecule has 8 heteroatoms. The van der Waals surface area contributed by atoms with Crippen molar-refractivity contribution in [1.82, 2.24) is 10.6 Å². The lowest BCUT2D eigenvalue weighted by molar-refractivity contribution is -0.146. The lowest BCUT2D eigenvalue weighted by Crippen LogP contribution is -2.55. The Morgan fingerprint density at radius 1 is 0.925 bits per heavy atom. The number of ether oxygens (including phenoxy) is 2. The van der Waals surface area contributed by atoms with Crippen LogP contribution in [-0.4, -0.2) is 47.9 Å². The van der Waals surface area contributed by atoms with Gasteiger partial charge in [0.25, 0.3) is 0 Å². The van der Waals surface area contributed by atoms with Crippen molar-refractivity contribution in [2.24, 2.45) is 0 Å². The molecule has 1 unspecified atom stereocenters. The Labute approximate surface area is 234 Å². The molecule has 0 aliphatic heterocycles. The van der Waals surface area contributed by atoms with Crippen molar-refractivity contribution in [3.05, 3.63) is 108 Å². The summed E-state index contributed by atoms with van der Waals surface area (Å²) < 4.78 is 11.3. The van der Waals surface area contributed by atoms with Gasteiger partial charge in [0, 0.05) is 5.92 Å². The molecule has 0 radical (unpaired) electrons. The number of carboxylic acid groups (broad SMARTS) is 1. The van der Waals surface area contributed by atoms with Gasteiger partial charge in [-0.3, -0.25) is 4.79 Å². The number of fused-ring (bicyclic) bond motifs is 3. The van der Waals surface area contributed by atoms with Crippen LogP contribution < -0.4 is 10.6 Å². The highest BCUT2D eigenvalue weighted by atomic mass is 16.5. The minimum Gasteiger partial charge on any atom is -0.480 e. The molecule has 3 aromatic rings. The molecule has 0 aromatic heterocycles. The van der Waals surface area contributed by atoms with Crippen molar-refractivity contribution in [2.75, 3.05) is 6.61 Å².